The topological polar surface area (TPSA) is 54.7 Å². The number of nitrogen functional groups attached to an aromatic ring is 1. The van der Waals surface area contributed by atoms with E-state index in [1.54, 1.807) is 0 Å². The molecule has 1 heterocycles. The fraction of sp³-hybridized carbons (Fsp3) is 0.769. The van der Waals surface area contributed by atoms with Crippen LogP contribution in [-0.4, -0.2) is 10.2 Å². The van der Waals surface area contributed by atoms with Crippen LogP contribution in [0.25, 0.3) is 0 Å². The van der Waals surface area contributed by atoms with E-state index in [-0.39, 0.29) is 0 Å². The van der Waals surface area contributed by atoms with E-state index in [9.17, 15) is 0 Å². The number of rotatable bonds is 1. The molecule has 2 fully saturated rings. The highest BCUT2D eigenvalue weighted by atomic mass is 15.2. The van der Waals surface area contributed by atoms with Gasteiger partial charge in [-0.15, -0.1) is 0 Å². The van der Waals surface area contributed by atoms with Crippen molar-refractivity contribution >= 4 is 5.82 Å². The van der Waals surface area contributed by atoms with Gasteiger partial charge < -0.3 is 5.73 Å². The van der Waals surface area contributed by atoms with E-state index < -0.39 is 0 Å². The summed E-state index contributed by atoms with van der Waals surface area (Å²) in [5, 5.41) is 7.14. The predicted molar refractivity (Wildman–Crippen MR) is 65.0 cm³/mol. The quantitative estimate of drug-likeness (QED) is 0.762. The molecule has 1 aromatic rings. The fourth-order valence-corrected chi connectivity index (χ4v) is 3.72. The molecule has 0 aromatic carbocycles. The number of hydrogen-bond donors (Lipinski definition) is 2. The fourth-order valence-electron chi connectivity index (χ4n) is 3.72. The third-order valence-electron chi connectivity index (χ3n) is 4.60. The van der Waals surface area contributed by atoms with E-state index in [2.05, 4.69) is 10.2 Å². The smallest absolute Gasteiger partial charge is 0.145 e. The van der Waals surface area contributed by atoms with Gasteiger partial charge in [-0.3, -0.25) is 5.10 Å². The van der Waals surface area contributed by atoms with Gasteiger partial charge in [0.1, 0.15) is 5.82 Å². The molecule has 0 spiro atoms. The summed E-state index contributed by atoms with van der Waals surface area (Å²) in [6.45, 7) is 0. The third-order valence-corrected chi connectivity index (χ3v) is 4.60. The van der Waals surface area contributed by atoms with Crippen LogP contribution in [0.5, 0.6) is 0 Å². The monoisotopic (exact) mass is 219 g/mol. The summed E-state index contributed by atoms with van der Waals surface area (Å²) in [7, 11) is 0. The highest BCUT2D eigenvalue weighted by Gasteiger charge is 2.33. The summed E-state index contributed by atoms with van der Waals surface area (Å²) in [6, 6.07) is 2.02. The van der Waals surface area contributed by atoms with Crippen LogP contribution in [0.15, 0.2) is 6.07 Å². The van der Waals surface area contributed by atoms with Gasteiger partial charge in [0, 0.05) is 17.7 Å². The average Bonchev–Trinajstić information content (AvgIpc) is 2.75. The molecule has 3 rings (SSSR count). The van der Waals surface area contributed by atoms with Crippen LogP contribution in [0.3, 0.4) is 0 Å². The number of aromatic amines is 1. The van der Waals surface area contributed by atoms with Gasteiger partial charge in [0.05, 0.1) is 0 Å². The molecular formula is C13H21N3. The van der Waals surface area contributed by atoms with Crippen LogP contribution in [0.1, 0.15) is 56.6 Å². The molecule has 2 aliphatic carbocycles. The molecule has 0 aliphatic heterocycles. The second-order valence-corrected chi connectivity index (χ2v) is 5.56. The number of nitrogens with zero attached hydrogens (tertiary/aromatic N) is 1. The SMILES string of the molecule is Nc1cc(C2CCC3CCCCC3C2)[nH]n1. The van der Waals surface area contributed by atoms with E-state index in [0.29, 0.717) is 11.7 Å². The van der Waals surface area contributed by atoms with Crippen molar-refractivity contribution in [3.8, 4) is 0 Å². The summed E-state index contributed by atoms with van der Waals surface area (Å²) >= 11 is 0. The Hall–Kier alpha value is -0.990. The van der Waals surface area contributed by atoms with Gasteiger partial charge in [0.15, 0.2) is 0 Å². The summed E-state index contributed by atoms with van der Waals surface area (Å²) < 4.78 is 0. The van der Waals surface area contributed by atoms with Gasteiger partial charge in [0.2, 0.25) is 0 Å². The van der Waals surface area contributed by atoms with Crippen LogP contribution in [0.4, 0.5) is 5.82 Å². The Morgan fingerprint density at radius 3 is 2.69 bits per heavy atom. The molecule has 0 radical (unpaired) electrons. The number of hydrogen-bond acceptors (Lipinski definition) is 2. The predicted octanol–water partition coefficient (Wildman–Crippen LogP) is 3.07. The Morgan fingerprint density at radius 1 is 1.12 bits per heavy atom. The minimum atomic E-state index is 0.640. The van der Waals surface area contributed by atoms with Crippen molar-refractivity contribution in [2.45, 2.75) is 50.9 Å². The summed E-state index contributed by atoms with van der Waals surface area (Å²) in [4.78, 5) is 0. The highest BCUT2D eigenvalue weighted by Crippen LogP contribution is 2.45. The average molecular weight is 219 g/mol. The maximum absolute atomic E-state index is 5.67. The summed E-state index contributed by atoms with van der Waals surface area (Å²) in [5.74, 6) is 3.31. The molecule has 0 saturated heterocycles. The summed E-state index contributed by atoms with van der Waals surface area (Å²) in [5.41, 5.74) is 6.94. The van der Waals surface area contributed by atoms with Crippen molar-refractivity contribution in [1.82, 2.24) is 10.2 Å². The van der Waals surface area contributed by atoms with Gasteiger partial charge in [-0.2, -0.15) is 5.10 Å². The largest absolute Gasteiger partial charge is 0.382 e. The van der Waals surface area contributed by atoms with Crippen LogP contribution < -0.4 is 5.73 Å². The lowest BCUT2D eigenvalue weighted by molar-refractivity contribution is 0.154. The first-order valence-electron chi connectivity index (χ1n) is 6.63. The molecule has 3 atom stereocenters. The van der Waals surface area contributed by atoms with Crippen LogP contribution >= 0.6 is 0 Å². The van der Waals surface area contributed by atoms with Crippen molar-refractivity contribution in [3.05, 3.63) is 11.8 Å². The van der Waals surface area contributed by atoms with E-state index in [1.165, 1.54) is 50.6 Å². The molecule has 16 heavy (non-hydrogen) atoms. The molecule has 2 aliphatic rings. The third kappa shape index (κ3) is 1.83. The first-order chi connectivity index (χ1) is 7.83. The van der Waals surface area contributed by atoms with Crippen molar-refractivity contribution < 1.29 is 0 Å². The van der Waals surface area contributed by atoms with E-state index in [0.717, 1.165) is 11.8 Å². The normalized spacial score (nSPS) is 34.6. The Labute approximate surface area is 96.8 Å². The first kappa shape index (κ1) is 10.2. The lowest BCUT2D eigenvalue weighted by atomic mass is 9.67. The summed E-state index contributed by atoms with van der Waals surface area (Å²) in [6.07, 6.45) is 9.92. The lowest BCUT2D eigenvalue weighted by Crippen LogP contribution is -2.26. The molecule has 2 saturated carbocycles. The van der Waals surface area contributed by atoms with Gasteiger partial charge in [-0.05, 0) is 31.1 Å². The van der Waals surface area contributed by atoms with E-state index >= 15 is 0 Å². The first-order valence-corrected chi connectivity index (χ1v) is 6.63. The van der Waals surface area contributed by atoms with Crippen LogP contribution in [-0.2, 0) is 0 Å². The molecule has 3 unspecified atom stereocenters. The van der Waals surface area contributed by atoms with Gasteiger partial charge >= 0.3 is 0 Å². The number of H-pyrrole nitrogens is 1. The maximum Gasteiger partial charge on any atom is 0.145 e. The van der Waals surface area contributed by atoms with Gasteiger partial charge in [0.25, 0.3) is 0 Å². The zero-order valence-electron chi connectivity index (χ0n) is 9.78. The zero-order valence-corrected chi connectivity index (χ0v) is 9.78. The maximum atomic E-state index is 5.67. The molecule has 0 bridgehead atoms. The highest BCUT2D eigenvalue weighted by molar-refractivity contribution is 5.30. The van der Waals surface area contributed by atoms with Crippen molar-refractivity contribution in [1.29, 1.82) is 0 Å². The Bertz CT molecular complexity index is 358. The number of fused-ring (bicyclic) bond motifs is 1. The standard InChI is InChI=1S/C13H21N3/c14-13-8-12(15-16-13)11-6-5-9-3-1-2-4-10(9)7-11/h8-11H,1-7H2,(H3,14,15,16). The zero-order chi connectivity index (χ0) is 11.0. The number of nitrogens with one attached hydrogen (secondary N) is 1. The van der Waals surface area contributed by atoms with Crippen molar-refractivity contribution in [3.63, 3.8) is 0 Å². The molecule has 3 nitrogen and oxygen atoms in total. The molecule has 3 heteroatoms. The Balaban J connectivity index is 1.70. The molecular weight excluding hydrogens is 198 g/mol. The second-order valence-electron chi connectivity index (χ2n) is 5.56. The number of anilines is 1. The van der Waals surface area contributed by atoms with Crippen LogP contribution in [0.2, 0.25) is 0 Å². The lowest BCUT2D eigenvalue weighted by Gasteiger charge is -2.39. The molecule has 1 aromatic heterocycles. The minimum absolute atomic E-state index is 0.640. The molecule has 3 N–H and O–H groups in total. The Kier molecular flexibility index (Phi) is 2.62. The van der Waals surface area contributed by atoms with Gasteiger partial charge in [-0.25, -0.2) is 0 Å². The van der Waals surface area contributed by atoms with Crippen molar-refractivity contribution in [2.75, 3.05) is 5.73 Å². The number of nitrogens with two attached hydrogens (primary N) is 1. The minimum Gasteiger partial charge on any atom is -0.382 e. The van der Waals surface area contributed by atoms with E-state index in [4.69, 9.17) is 5.73 Å². The molecule has 88 valence electrons. The van der Waals surface area contributed by atoms with Gasteiger partial charge in [-0.1, -0.05) is 25.7 Å². The van der Waals surface area contributed by atoms with Crippen LogP contribution in [0, 0.1) is 11.8 Å². The number of aromatic nitrogens is 2. The molecule has 0 amide bonds. The van der Waals surface area contributed by atoms with E-state index in [1.807, 2.05) is 6.07 Å². The Morgan fingerprint density at radius 2 is 1.94 bits per heavy atom. The second kappa shape index (κ2) is 4.11. The van der Waals surface area contributed by atoms with Crippen molar-refractivity contribution in [2.24, 2.45) is 11.8 Å².